The van der Waals surface area contributed by atoms with Crippen molar-refractivity contribution in [2.75, 3.05) is 5.32 Å². The Kier molecular flexibility index (Phi) is 4.14. The van der Waals surface area contributed by atoms with Crippen molar-refractivity contribution >= 4 is 17.6 Å². The summed E-state index contributed by atoms with van der Waals surface area (Å²) < 4.78 is 0. The van der Waals surface area contributed by atoms with Gasteiger partial charge in [0.15, 0.2) is 12.4 Å². The minimum absolute atomic E-state index is 0.0265. The summed E-state index contributed by atoms with van der Waals surface area (Å²) >= 11 is 0. The number of hydrogen-bond donors (Lipinski definition) is 1. The molecule has 102 valence electrons. The lowest BCUT2D eigenvalue weighted by atomic mass is 9.79. The highest BCUT2D eigenvalue weighted by atomic mass is 16.4. The minimum Gasteiger partial charge on any atom is -0.550 e. The van der Waals surface area contributed by atoms with Crippen LogP contribution in [0.25, 0.3) is 0 Å². The number of rotatable bonds is 5. The van der Waals surface area contributed by atoms with Crippen LogP contribution in [0.2, 0.25) is 0 Å². The number of aliphatic carboxylic acids is 1. The van der Waals surface area contributed by atoms with Gasteiger partial charge in [0.1, 0.15) is 5.69 Å². The van der Waals surface area contributed by atoms with Crippen LogP contribution < -0.4 is 15.4 Å². The molecule has 1 fully saturated rings. The molecule has 1 heterocycles. The molecule has 1 saturated carbocycles. The van der Waals surface area contributed by atoms with Gasteiger partial charge in [-0.1, -0.05) is 12.8 Å². The highest BCUT2D eigenvalue weighted by Crippen LogP contribution is 2.43. The van der Waals surface area contributed by atoms with Gasteiger partial charge >= 0.3 is 0 Å². The predicted octanol–water partition coefficient (Wildman–Crippen LogP) is 0.530. The highest BCUT2D eigenvalue weighted by molar-refractivity contribution is 5.91. The summed E-state index contributed by atoms with van der Waals surface area (Å²) in [5.74, 6) is -1.20. The highest BCUT2D eigenvalue weighted by Gasteiger charge is 2.36. The molecule has 0 saturated heterocycles. The van der Waals surface area contributed by atoms with Crippen molar-refractivity contribution in [2.45, 2.75) is 38.5 Å². The number of carboxylic acid groups (broad SMARTS) is 1. The van der Waals surface area contributed by atoms with E-state index in [0.29, 0.717) is 5.69 Å². The summed E-state index contributed by atoms with van der Waals surface area (Å²) in [4.78, 5) is 25.8. The first-order chi connectivity index (χ1) is 9.10. The van der Waals surface area contributed by atoms with Crippen molar-refractivity contribution in [2.24, 2.45) is 5.41 Å². The van der Waals surface area contributed by atoms with Gasteiger partial charge in [-0.2, -0.15) is 0 Å². The van der Waals surface area contributed by atoms with Crippen LogP contribution in [0.3, 0.4) is 0 Å². The van der Waals surface area contributed by atoms with Crippen LogP contribution in [0.4, 0.5) is 5.69 Å². The second-order valence-corrected chi connectivity index (χ2v) is 5.27. The Balaban J connectivity index is 1.97. The predicted molar refractivity (Wildman–Crippen MR) is 66.8 cm³/mol. The number of H-pyrrole nitrogens is 1. The molecule has 0 spiro atoms. The number of carbonyl (C=O) groups excluding carboxylic acids is 2. The van der Waals surface area contributed by atoms with E-state index < -0.39 is 11.4 Å². The quantitative estimate of drug-likeness (QED) is 0.840. The van der Waals surface area contributed by atoms with Crippen LogP contribution in [0.1, 0.15) is 38.5 Å². The van der Waals surface area contributed by atoms with Crippen molar-refractivity contribution in [3.8, 4) is 0 Å². The van der Waals surface area contributed by atoms with Crippen molar-refractivity contribution < 1.29 is 19.7 Å². The smallest absolute Gasteiger partial charge is 0.225 e. The standard InChI is InChI=1S/C14H18N2O3/c17-12(16-11-4-3-7-15-10-11)8-14(9-13(18)19)5-1-2-6-14/h3-4,7,10H,1-2,5-6,8-9H2,(H,16,17)(H,18,19). The molecule has 1 aromatic rings. The fraction of sp³-hybridized carbons (Fsp3) is 0.500. The van der Waals surface area contributed by atoms with Crippen molar-refractivity contribution in [1.29, 1.82) is 0 Å². The molecule has 2 rings (SSSR count). The molecule has 1 aromatic heterocycles. The Morgan fingerprint density at radius 3 is 2.63 bits per heavy atom. The maximum absolute atomic E-state index is 12.0. The number of aromatic nitrogens is 1. The molecule has 5 nitrogen and oxygen atoms in total. The van der Waals surface area contributed by atoms with Crippen LogP contribution in [0.15, 0.2) is 24.5 Å². The zero-order valence-corrected chi connectivity index (χ0v) is 10.8. The molecule has 0 atom stereocenters. The maximum Gasteiger partial charge on any atom is 0.225 e. The molecule has 1 amide bonds. The van der Waals surface area contributed by atoms with Gasteiger partial charge in [0.2, 0.25) is 5.91 Å². The van der Waals surface area contributed by atoms with Gasteiger partial charge in [-0.3, -0.25) is 4.79 Å². The molecule has 19 heavy (non-hydrogen) atoms. The van der Waals surface area contributed by atoms with E-state index in [1.165, 1.54) is 0 Å². The third-order valence-electron chi connectivity index (χ3n) is 3.71. The van der Waals surface area contributed by atoms with E-state index in [2.05, 4.69) is 10.3 Å². The molecular weight excluding hydrogens is 244 g/mol. The van der Waals surface area contributed by atoms with Gasteiger partial charge < -0.3 is 15.2 Å². The second kappa shape index (κ2) is 5.82. The molecule has 1 aliphatic carbocycles. The van der Waals surface area contributed by atoms with Crippen LogP contribution >= 0.6 is 0 Å². The average molecular weight is 262 g/mol. The van der Waals surface area contributed by atoms with Crippen molar-refractivity contribution in [1.82, 2.24) is 0 Å². The number of hydrogen-bond acceptors (Lipinski definition) is 3. The van der Waals surface area contributed by atoms with E-state index in [1.54, 1.807) is 24.5 Å². The van der Waals surface area contributed by atoms with Crippen LogP contribution in [0.5, 0.6) is 0 Å². The summed E-state index contributed by atoms with van der Waals surface area (Å²) in [6.45, 7) is 0. The molecule has 5 heteroatoms. The van der Waals surface area contributed by atoms with Gasteiger partial charge in [0, 0.05) is 18.5 Å². The van der Waals surface area contributed by atoms with Crippen LogP contribution in [-0.2, 0) is 9.59 Å². The largest absolute Gasteiger partial charge is 0.550 e. The normalized spacial score (nSPS) is 17.1. The van der Waals surface area contributed by atoms with E-state index >= 15 is 0 Å². The lowest BCUT2D eigenvalue weighted by Gasteiger charge is -2.28. The number of carbonyl (C=O) groups is 2. The first-order valence-electron chi connectivity index (χ1n) is 6.56. The van der Waals surface area contributed by atoms with Gasteiger partial charge in [0.25, 0.3) is 0 Å². The van der Waals surface area contributed by atoms with E-state index in [0.717, 1.165) is 25.7 Å². The minimum atomic E-state index is -1.07. The fourth-order valence-electron chi connectivity index (χ4n) is 2.86. The lowest BCUT2D eigenvalue weighted by molar-refractivity contribution is -0.377. The summed E-state index contributed by atoms with van der Waals surface area (Å²) in [7, 11) is 0. The van der Waals surface area contributed by atoms with Crippen LogP contribution in [0, 0.1) is 5.41 Å². The molecular formula is C14H18N2O3. The van der Waals surface area contributed by atoms with Gasteiger partial charge in [0.05, 0.1) is 0 Å². The fourth-order valence-corrected chi connectivity index (χ4v) is 2.86. The van der Waals surface area contributed by atoms with E-state index in [-0.39, 0.29) is 18.7 Å². The summed E-state index contributed by atoms with van der Waals surface area (Å²) in [6.07, 6.45) is 7.21. The number of pyridine rings is 1. The van der Waals surface area contributed by atoms with Crippen molar-refractivity contribution in [3.05, 3.63) is 24.5 Å². The number of amides is 1. The number of nitrogens with one attached hydrogen (secondary N) is 2. The van der Waals surface area contributed by atoms with E-state index in [4.69, 9.17) is 0 Å². The summed E-state index contributed by atoms with van der Waals surface area (Å²) in [6, 6.07) is 3.58. The SMILES string of the molecule is O=C([O-])CC1(CC(=O)Nc2ccc[nH+]c2)CCCC1. The van der Waals surface area contributed by atoms with Gasteiger partial charge in [-0.05, 0) is 30.7 Å². The zero-order chi connectivity index (χ0) is 13.7. The Labute approximate surface area is 112 Å². The first-order valence-corrected chi connectivity index (χ1v) is 6.56. The zero-order valence-electron chi connectivity index (χ0n) is 10.8. The molecule has 0 aromatic carbocycles. The number of carboxylic acids is 1. The lowest BCUT2D eigenvalue weighted by Crippen LogP contribution is -2.33. The maximum atomic E-state index is 12.0. The Morgan fingerprint density at radius 2 is 2.05 bits per heavy atom. The van der Waals surface area contributed by atoms with E-state index in [9.17, 15) is 14.7 Å². The number of anilines is 1. The number of aromatic amines is 1. The summed E-state index contributed by atoms with van der Waals surface area (Å²) in [5, 5.41) is 13.6. The molecule has 0 unspecified atom stereocenters. The average Bonchev–Trinajstić information content (AvgIpc) is 2.77. The van der Waals surface area contributed by atoms with Crippen molar-refractivity contribution in [3.63, 3.8) is 0 Å². The molecule has 0 aliphatic heterocycles. The monoisotopic (exact) mass is 262 g/mol. The second-order valence-electron chi connectivity index (χ2n) is 5.27. The molecule has 1 aliphatic rings. The Morgan fingerprint density at radius 1 is 1.32 bits per heavy atom. The third kappa shape index (κ3) is 3.77. The topological polar surface area (TPSA) is 83.4 Å². The summed E-state index contributed by atoms with van der Waals surface area (Å²) in [5.41, 5.74) is 0.274. The molecule has 0 bridgehead atoms. The van der Waals surface area contributed by atoms with Crippen LogP contribution in [-0.4, -0.2) is 11.9 Å². The Bertz CT molecular complexity index is 453. The van der Waals surface area contributed by atoms with E-state index in [1.807, 2.05) is 0 Å². The molecule has 2 N–H and O–H groups in total. The first kappa shape index (κ1) is 13.5. The molecule has 0 radical (unpaired) electrons. The van der Waals surface area contributed by atoms with Gasteiger partial charge in [-0.25, -0.2) is 4.98 Å². The third-order valence-corrected chi connectivity index (χ3v) is 3.71. The Hall–Kier alpha value is -1.91. The van der Waals surface area contributed by atoms with Gasteiger partial charge in [-0.15, -0.1) is 0 Å².